The summed E-state index contributed by atoms with van der Waals surface area (Å²) in [4.78, 5) is 9.29. The predicted octanol–water partition coefficient (Wildman–Crippen LogP) is 4.40. The van der Waals surface area contributed by atoms with E-state index >= 15 is 0 Å². The van der Waals surface area contributed by atoms with Gasteiger partial charge in [-0.2, -0.15) is 0 Å². The molecule has 1 aromatic heterocycles. The molecular formula is C17H19N3O2S. The average Bonchev–Trinajstić information content (AvgIpc) is 2.91. The monoisotopic (exact) mass is 329 g/mol. The second-order valence-electron chi connectivity index (χ2n) is 5.57. The van der Waals surface area contributed by atoms with Crippen molar-refractivity contribution in [3.8, 4) is 5.75 Å². The number of rotatable bonds is 4. The van der Waals surface area contributed by atoms with Gasteiger partial charge in [0, 0.05) is 29.5 Å². The van der Waals surface area contributed by atoms with Crippen molar-refractivity contribution in [1.82, 2.24) is 4.98 Å². The maximum Gasteiger partial charge on any atom is 0.183 e. The van der Waals surface area contributed by atoms with Crippen LogP contribution in [-0.4, -0.2) is 29.0 Å². The van der Waals surface area contributed by atoms with Gasteiger partial charge in [-0.25, -0.2) is 9.98 Å². The summed E-state index contributed by atoms with van der Waals surface area (Å²) >= 11 is 1.56. The van der Waals surface area contributed by atoms with E-state index in [1.807, 2.05) is 23.6 Å². The van der Waals surface area contributed by atoms with Crippen molar-refractivity contribution in [3.05, 3.63) is 40.9 Å². The van der Waals surface area contributed by atoms with Crippen molar-refractivity contribution in [3.63, 3.8) is 0 Å². The number of anilines is 1. The van der Waals surface area contributed by atoms with Gasteiger partial charge in [0.05, 0.1) is 24.2 Å². The van der Waals surface area contributed by atoms with Crippen LogP contribution in [0.4, 0.5) is 10.8 Å². The molecule has 120 valence electrons. The number of aromatic nitrogens is 1. The molecule has 0 amide bonds. The number of aliphatic hydroxyl groups excluding tert-OH is 1. The summed E-state index contributed by atoms with van der Waals surface area (Å²) in [7, 11) is 1.61. The van der Waals surface area contributed by atoms with Crippen LogP contribution < -0.4 is 10.1 Å². The van der Waals surface area contributed by atoms with Crippen molar-refractivity contribution in [2.75, 3.05) is 12.4 Å². The van der Waals surface area contributed by atoms with E-state index in [9.17, 15) is 5.11 Å². The zero-order valence-corrected chi connectivity index (χ0v) is 14.1. The molecule has 1 aliphatic heterocycles. The minimum Gasteiger partial charge on any atom is -0.508 e. The Labute approximate surface area is 139 Å². The van der Waals surface area contributed by atoms with E-state index < -0.39 is 0 Å². The van der Waals surface area contributed by atoms with Crippen LogP contribution in [0.15, 0.2) is 34.6 Å². The van der Waals surface area contributed by atoms with E-state index in [2.05, 4.69) is 24.1 Å². The zero-order valence-electron chi connectivity index (χ0n) is 13.3. The maximum atomic E-state index is 10.2. The first-order valence-electron chi connectivity index (χ1n) is 7.44. The third-order valence-electron chi connectivity index (χ3n) is 3.44. The van der Waals surface area contributed by atoms with E-state index in [0.29, 0.717) is 29.5 Å². The molecule has 2 aromatic rings. The van der Waals surface area contributed by atoms with Gasteiger partial charge < -0.3 is 15.2 Å². The van der Waals surface area contributed by atoms with Crippen LogP contribution in [0.25, 0.3) is 5.76 Å². The Balaban J connectivity index is 1.99. The van der Waals surface area contributed by atoms with E-state index in [4.69, 9.17) is 9.73 Å². The maximum absolute atomic E-state index is 10.2. The molecule has 0 spiro atoms. The number of allylic oxidation sites excluding steroid dienone is 1. The molecule has 1 aliphatic rings. The number of benzene rings is 1. The van der Waals surface area contributed by atoms with Gasteiger partial charge in [-0.3, -0.25) is 0 Å². The van der Waals surface area contributed by atoms with Gasteiger partial charge in [-0.15, -0.1) is 11.3 Å². The molecule has 0 bridgehead atoms. The Morgan fingerprint density at radius 1 is 1.35 bits per heavy atom. The van der Waals surface area contributed by atoms with Crippen LogP contribution in [0.1, 0.15) is 31.5 Å². The van der Waals surface area contributed by atoms with E-state index in [1.165, 1.54) is 0 Å². The summed E-state index contributed by atoms with van der Waals surface area (Å²) in [6.07, 6.45) is 2.31. The van der Waals surface area contributed by atoms with Gasteiger partial charge in [0.25, 0.3) is 0 Å². The third-order valence-corrected chi connectivity index (χ3v) is 4.21. The van der Waals surface area contributed by atoms with Crippen LogP contribution in [0.3, 0.4) is 0 Å². The van der Waals surface area contributed by atoms with Gasteiger partial charge in [0.15, 0.2) is 5.13 Å². The van der Waals surface area contributed by atoms with Crippen molar-refractivity contribution in [1.29, 1.82) is 0 Å². The minimum atomic E-state index is 0.233. The molecule has 1 aromatic carbocycles. The molecule has 0 aliphatic carbocycles. The van der Waals surface area contributed by atoms with Gasteiger partial charge in [0.1, 0.15) is 11.5 Å². The van der Waals surface area contributed by atoms with Crippen molar-refractivity contribution in [2.45, 2.75) is 26.3 Å². The SMILES string of the molecule is COc1ccc2c(c1)N=C(c1csc(NC(C)C)n1)CC=C2O. The molecule has 0 saturated carbocycles. The summed E-state index contributed by atoms with van der Waals surface area (Å²) in [5.74, 6) is 0.944. The molecule has 0 atom stereocenters. The predicted molar refractivity (Wildman–Crippen MR) is 95.3 cm³/mol. The van der Waals surface area contributed by atoms with Gasteiger partial charge in [-0.05, 0) is 32.1 Å². The molecule has 6 heteroatoms. The molecule has 2 heterocycles. The Morgan fingerprint density at radius 2 is 2.17 bits per heavy atom. The molecule has 3 rings (SSSR count). The first kappa shape index (κ1) is 15.6. The van der Waals surface area contributed by atoms with Crippen molar-refractivity contribution < 1.29 is 9.84 Å². The highest BCUT2D eigenvalue weighted by Gasteiger charge is 2.16. The number of fused-ring (bicyclic) bond motifs is 1. The number of hydrogen-bond acceptors (Lipinski definition) is 6. The summed E-state index contributed by atoms with van der Waals surface area (Å²) in [5, 5.41) is 16.4. The molecular weight excluding hydrogens is 310 g/mol. The Morgan fingerprint density at radius 3 is 2.91 bits per heavy atom. The summed E-state index contributed by atoms with van der Waals surface area (Å²) in [6, 6.07) is 5.79. The standard InChI is InChI=1S/C17H19N3O2S/c1-10(2)18-17-20-15(9-23-17)13-6-7-16(21)12-5-4-11(22-3)8-14(12)19-13/h4-5,7-10,21H,6H2,1-3H3,(H,18,20). The third kappa shape index (κ3) is 3.37. The number of hydrogen-bond donors (Lipinski definition) is 2. The van der Waals surface area contributed by atoms with Crippen LogP contribution in [0, 0.1) is 0 Å². The number of nitrogens with one attached hydrogen (secondary N) is 1. The lowest BCUT2D eigenvalue weighted by molar-refractivity contribution is 0.415. The lowest BCUT2D eigenvalue weighted by Crippen LogP contribution is -2.09. The molecule has 0 fully saturated rings. The quantitative estimate of drug-likeness (QED) is 0.872. The minimum absolute atomic E-state index is 0.233. The lowest BCUT2D eigenvalue weighted by Gasteiger charge is -2.06. The van der Waals surface area contributed by atoms with Crippen LogP contribution in [-0.2, 0) is 0 Å². The smallest absolute Gasteiger partial charge is 0.183 e. The second-order valence-corrected chi connectivity index (χ2v) is 6.43. The topological polar surface area (TPSA) is 66.7 Å². The molecule has 0 radical (unpaired) electrons. The Bertz CT molecular complexity index is 778. The van der Waals surface area contributed by atoms with Crippen molar-refractivity contribution >= 4 is 33.6 Å². The fraction of sp³-hybridized carbons (Fsp3) is 0.294. The normalized spacial score (nSPS) is 13.9. The number of nitrogens with zero attached hydrogens (tertiary/aromatic N) is 2. The summed E-state index contributed by atoms with van der Waals surface area (Å²) < 4.78 is 5.25. The highest BCUT2D eigenvalue weighted by molar-refractivity contribution is 7.13. The van der Waals surface area contributed by atoms with E-state index in [0.717, 1.165) is 16.5 Å². The number of thiazole rings is 1. The molecule has 5 nitrogen and oxygen atoms in total. The van der Waals surface area contributed by atoms with Crippen molar-refractivity contribution in [2.24, 2.45) is 4.99 Å². The van der Waals surface area contributed by atoms with Crippen LogP contribution in [0.2, 0.25) is 0 Å². The summed E-state index contributed by atoms with van der Waals surface area (Å²) in [5.41, 5.74) is 3.06. The van der Waals surface area contributed by atoms with Gasteiger partial charge in [-0.1, -0.05) is 0 Å². The molecule has 0 saturated heterocycles. The van der Waals surface area contributed by atoms with Crippen LogP contribution in [0.5, 0.6) is 5.75 Å². The Kier molecular flexibility index (Phi) is 4.34. The lowest BCUT2D eigenvalue weighted by atomic mass is 10.1. The Hall–Kier alpha value is -2.34. The molecule has 0 unspecified atom stereocenters. The van der Waals surface area contributed by atoms with E-state index in [1.54, 1.807) is 24.5 Å². The number of aliphatic hydroxyl groups is 1. The number of ether oxygens (including phenoxy) is 1. The van der Waals surface area contributed by atoms with E-state index in [-0.39, 0.29) is 5.76 Å². The fourth-order valence-electron chi connectivity index (χ4n) is 2.32. The summed E-state index contributed by atoms with van der Waals surface area (Å²) in [6.45, 7) is 4.15. The zero-order chi connectivity index (χ0) is 16.4. The first-order valence-corrected chi connectivity index (χ1v) is 8.32. The number of methoxy groups -OCH3 is 1. The highest BCUT2D eigenvalue weighted by atomic mass is 32.1. The largest absolute Gasteiger partial charge is 0.508 e. The highest BCUT2D eigenvalue weighted by Crippen LogP contribution is 2.33. The second kappa shape index (κ2) is 6.42. The molecule has 23 heavy (non-hydrogen) atoms. The fourth-order valence-corrected chi connectivity index (χ4v) is 3.19. The number of aliphatic imine (C=N–C) groups is 1. The molecule has 2 N–H and O–H groups in total. The van der Waals surface area contributed by atoms with Gasteiger partial charge in [0.2, 0.25) is 0 Å². The van der Waals surface area contributed by atoms with Gasteiger partial charge >= 0.3 is 0 Å². The first-order chi connectivity index (χ1) is 11.1. The van der Waals surface area contributed by atoms with Crippen LogP contribution >= 0.6 is 11.3 Å². The average molecular weight is 329 g/mol.